The van der Waals surface area contributed by atoms with E-state index in [-0.39, 0.29) is 6.04 Å². The molecule has 1 heterocycles. The van der Waals surface area contributed by atoms with Gasteiger partial charge in [0.05, 0.1) is 5.02 Å². The van der Waals surface area contributed by atoms with Crippen molar-refractivity contribution in [1.29, 1.82) is 0 Å². The van der Waals surface area contributed by atoms with E-state index in [1.165, 1.54) is 0 Å². The minimum absolute atomic E-state index is 0.102. The largest absolute Gasteiger partial charge is 0.313 e. The van der Waals surface area contributed by atoms with Crippen LogP contribution in [0.3, 0.4) is 0 Å². The van der Waals surface area contributed by atoms with E-state index in [1.54, 1.807) is 6.33 Å². The summed E-state index contributed by atoms with van der Waals surface area (Å²) in [4.78, 5) is 4.39. The van der Waals surface area contributed by atoms with Crippen molar-refractivity contribution in [3.8, 4) is 0 Å². The molecule has 0 fully saturated rings. The Labute approximate surface area is 139 Å². The van der Waals surface area contributed by atoms with Crippen LogP contribution < -0.4 is 5.32 Å². The van der Waals surface area contributed by atoms with Crippen LogP contribution in [0.2, 0.25) is 5.02 Å². The van der Waals surface area contributed by atoms with Crippen molar-refractivity contribution in [2.45, 2.75) is 32.9 Å². The van der Waals surface area contributed by atoms with Gasteiger partial charge in [-0.25, -0.2) is 9.67 Å². The van der Waals surface area contributed by atoms with Crippen LogP contribution in [0, 0.1) is 5.92 Å². The Kier molecular flexibility index (Phi) is 5.79. The van der Waals surface area contributed by atoms with Gasteiger partial charge < -0.3 is 5.32 Å². The molecule has 6 heteroatoms. The SMILES string of the molecule is CNC(Cc1ncnn1CC(C)C)c1cccc(Br)c1Cl. The van der Waals surface area contributed by atoms with E-state index in [9.17, 15) is 0 Å². The quantitative estimate of drug-likeness (QED) is 0.838. The highest BCUT2D eigenvalue weighted by Gasteiger charge is 2.18. The van der Waals surface area contributed by atoms with Gasteiger partial charge in [0.25, 0.3) is 0 Å². The molecule has 4 nitrogen and oxygen atoms in total. The molecule has 21 heavy (non-hydrogen) atoms. The van der Waals surface area contributed by atoms with Gasteiger partial charge in [-0.05, 0) is 40.5 Å². The Morgan fingerprint density at radius 1 is 1.38 bits per heavy atom. The normalized spacial score (nSPS) is 12.9. The van der Waals surface area contributed by atoms with Crippen LogP contribution in [0.25, 0.3) is 0 Å². The summed E-state index contributed by atoms with van der Waals surface area (Å²) in [6.07, 6.45) is 2.37. The van der Waals surface area contributed by atoms with Crippen molar-refractivity contribution >= 4 is 27.5 Å². The lowest BCUT2D eigenvalue weighted by molar-refractivity contribution is 0.451. The average molecular weight is 372 g/mol. The third-order valence-electron chi connectivity index (χ3n) is 3.33. The molecule has 0 bridgehead atoms. The van der Waals surface area contributed by atoms with E-state index in [4.69, 9.17) is 11.6 Å². The van der Waals surface area contributed by atoms with E-state index in [1.807, 2.05) is 29.9 Å². The minimum Gasteiger partial charge on any atom is -0.313 e. The lowest BCUT2D eigenvalue weighted by Gasteiger charge is -2.19. The van der Waals surface area contributed by atoms with E-state index in [2.05, 4.69) is 45.2 Å². The van der Waals surface area contributed by atoms with E-state index in [0.29, 0.717) is 5.92 Å². The van der Waals surface area contributed by atoms with Crippen LogP contribution >= 0.6 is 27.5 Å². The number of benzene rings is 1. The van der Waals surface area contributed by atoms with Crippen LogP contribution in [-0.4, -0.2) is 21.8 Å². The average Bonchev–Trinajstić information content (AvgIpc) is 2.86. The van der Waals surface area contributed by atoms with Crippen LogP contribution in [0.1, 0.15) is 31.3 Å². The number of aromatic nitrogens is 3. The molecule has 1 N–H and O–H groups in total. The first-order valence-corrected chi connectivity index (χ1v) is 8.17. The Bertz CT molecular complexity index is 597. The monoisotopic (exact) mass is 370 g/mol. The van der Waals surface area contributed by atoms with Crippen molar-refractivity contribution < 1.29 is 0 Å². The summed E-state index contributed by atoms with van der Waals surface area (Å²) in [5.41, 5.74) is 1.06. The van der Waals surface area contributed by atoms with Gasteiger partial charge in [0.2, 0.25) is 0 Å². The molecule has 0 saturated heterocycles. The molecule has 1 atom stereocenters. The lowest BCUT2D eigenvalue weighted by atomic mass is 10.0. The second-order valence-corrected chi connectivity index (χ2v) is 6.67. The van der Waals surface area contributed by atoms with Crippen molar-refractivity contribution in [2.75, 3.05) is 7.05 Å². The van der Waals surface area contributed by atoms with Gasteiger partial charge in [0.15, 0.2) is 0 Å². The summed E-state index contributed by atoms with van der Waals surface area (Å²) < 4.78 is 2.88. The number of nitrogens with one attached hydrogen (secondary N) is 1. The van der Waals surface area contributed by atoms with Crippen molar-refractivity contribution in [3.05, 3.63) is 45.4 Å². The van der Waals surface area contributed by atoms with Crippen LogP contribution in [0.5, 0.6) is 0 Å². The number of halogens is 2. The standard InChI is InChI=1S/C15H20BrClN4/c1-10(2)8-21-14(19-9-20-21)7-13(18-3)11-5-4-6-12(16)15(11)17/h4-6,9-10,13,18H,7-8H2,1-3H3. The van der Waals surface area contributed by atoms with E-state index < -0.39 is 0 Å². The maximum Gasteiger partial charge on any atom is 0.138 e. The molecule has 0 saturated carbocycles. The Balaban J connectivity index is 2.24. The van der Waals surface area contributed by atoms with Gasteiger partial charge in [-0.15, -0.1) is 0 Å². The number of rotatable bonds is 6. The summed E-state index contributed by atoms with van der Waals surface area (Å²) in [6.45, 7) is 5.22. The topological polar surface area (TPSA) is 42.7 Å². The van der Waals surface area contributed by atoms with Crippen LogP contribution in [0.4, 0.5) is 0 Å². The zero-order chi connectivity index (χ0) is 15.4. The third-order valence-corrected chi connectivity index (χ3v) is 4.64. The molecule has 1 aromatic carbocycles. The minimum atomic E-state index is 0.102. The lowest BCUT2D eigenvalue weighted by Crippen LogP contribution is -2.22. The second-order valence-electron chi connectivity index (χ2n) is 5.44. The predicted molar refractivity (Wildman–Crippen MR) is 89.5 cm³/mol. The summed E-state index contributed by atoms with van der Waals surface area (Å²) in [5, 5.41) is 8.37. The molecule has 0 spiro atoms. The van der Waals surface area contributed by atoms with Gasteiger partial charge in [-0.3, -0.25) is 0 Å². The molecule has 1 unspecified atom stereocenters. The molecule has 1 aromatic heterocycles. The maximum absolute atomic E-state index is 6.40. The molecule has 0 amide bonds. The molecular weight excluding hydrogens is 352 g/mol. The fourth-order valence-electron chi connectivity index (χ4n) is 2.28. The molecular formula is C15H20BrClN4. The summed E-state index contributed by atoms with van der Waals surface area (Å²) in [6, 6.07) is 6.08. The summed E-state index contributed by atoms with van der Waals surface area (Å²) in [5.74, 6) is 1.51. The highest BCUT2D eigenvalue weighted by molar-refractivity contribution is 9.10. The van der Waals surface area contributed by atoms with Crippen molar-refractivity contribution in [3.63, 3.8) is 0 Å². The number of hydrogen-bond donors (Lipinski definition) is 1. The van der Waals surface area contributed by atoms with E-state index >= 15 is 0 Å². The molecule has 0 aliphatic carbocycles. The maximum atomic E-state index is 6.40. The number of likely N-dealkylation sites (N-methyl/N-ethyl adjacent to an activating group) is 1. The molecule has 0 aliphatic rings. The Morgan fingerprint density at radius 3 is 2.81 bits per heavy atom. The molecule has 114 valence electrons. The van der Waals surface area contributed by atoms with Gasteiger partial charge in [-0.2, -0.15) is 5.10 Å². The van der Waals surface area contributed by atoms with Gasteiger partial charge in [-0.1, -0.05) is 37.6 Å². The fourth-order valence-corrected chi connectivity index (χ4v) is 2.92. The molecule has 2 aromatic rings. The first kappa shape index (κ1) is 16.5. The fraction of sp³-hybridized carbons (Fsp3) is 0.467. The highest BCUT2D eigenvalue weighted by Crippen LogP contribution is 2.31. The summed E-state index contributed by atoms with van der Waals surface area (Å²) in [7, 11) is 1.94. The highest BCUT2D eigenvalue weighted by atomic mass is 79.9. The molecule has 2 rings (SSSR count). The molecule has 0 aliphatic heterocycles. The Hall–Kier alpha value is -0.910. The van der Waals surface area contributed by atoms with Crippen molar-refractivity contribution in [1.82, 2.24) is 20.1 Å². The van der Waals surface area contributed by atoms with Crippen LogP contribution in [0.15, 0.2) is 29.0 Å². The first-order valence-electron chi connectivity index (χ1n) is 7.00. The number of hydrogen-bond acceptors (Lipinski definition) is 3. The molecule has 0 radical (unpaired) electrons. The van der Waals surface area contributed by atoms with Crippen LogP contribution in [-0.2, 0) is 13.0 Å². The van der Waals surface area contributed by atoms with Gasteiger partial charge in [0.1, 0.15) is 12.2 Å². The van der Waals surface area contributed by atoms with Crippen molar-refractivity contribution in [2.24, 2.45) is 5.92 Å². The Morgan fingerprint density at radius 2 is 2.14 bits per heavy atom. The zero-order valence-electron chi connectivity index (χ0n) is 12.5. The predicted octanol–water partition coefficient (Wildman–Crippen LogP) is 3.85. The van der Waals surface area contributed by atoms with Gasteiger partial charge >= 0.3 is 0 Å². The third kappa shape index (κ3) is 4.05. The first-order chi connectivity index (χ1) is 10.0. The smallest absolute Gasteiger partial charge is 0.138 e. The zero-order valence-corrected chi connectivity index (χ0v) is 14.8. The van der Waals surface area contributed by atoms with Gasteiger partial charge in [0, 0.05) is 23.5 Å². The summed E-state index contributed by atoms with van der Waals surface area (Å²) >= 11 is 9.88. The van der Waals surface area contributed by atoms with E-state index in [0.717, 1.165) is 33.8 Å². The second kappa shape index (κ2) is 7.38. The number of nitrogens with zero attached hydrogens (tertiary/aromatic N) is 3.